The van der Waals surface area contributed by atoms with Crippen molar-refractivity contribution in [1.29, 1.82) is 0 Å². The summed E-state index contributed by atoms with van der Waals surface area (Å²) in [5.41, 5.74) is 2.50. The van der Waals surface area contributed by atoms with Crippen molar-refractivity contribution in [3.05, 3.63) is 29.4 Å². The van der Waals surface area contributed by atoms with Crippen molar-refractivity contribution in [3.8, 4) is 0 Å². The molecule has 0 saturated carbocycles. The lowest BCUT2D eigenvalue weighted by Gasteiger charge is -2.14. The molecule has 0 aliphatic carbocycles. The van der Waals surface area contributed by atoms with Crippen LogP contribution in [-0.2, 0) is 0 Å². The zero-order valence-electron chi connectivity index (χ0n) is 10.8. The lowest BCUT2D eigenvalue weighted by atomic mass is 10.1. The first kappa shape index (κ1) is 11.6. The number of aromatic nitrogens is 6. The molecule has 0 aromatic carbocycles. The molecule has 19 heavy (non-hydrogen) atoms. The van der Waals surface area contributed by atoms with Gasteiger partial charge in [-0.15, -0.1) is 5.10 Å². The van der Waals surface area contributed by atoms with Crippen molar-refractivity contribution in [2.45, 2.75) is 26.8 Å². The molecule has 1 N–H and O–H groups in total. The third kappa shape index (κ3) is 1.90. The molecule has 8 nitrogen and oxygen atoms in total. The Hall–Kier alpha value is -2.51. The molecule has 0 spiro atoms. The van der Waals surface area contributed by atoms with E-state index in [1.54, 1.807) is 16.9 Å². The maximum atomic E-state index is 5.17. The maximum absolute atomic E-state index is 5.17. The predicted octanol–water partition coefficient (Wildman–Crippen LogP) is 1.30. The molecule has 3 aromatic heterocycles. The number of hydrogen-bond acceptors (Lipinski definition) is 7. The van der Waals surface area contributed by atoms with E-state index in [0.717, 1.165) is 22.8 Å². The van der Waals surface area contributed by atoms with E-state index >= 15 is 0 Å². The van der Waals surface area contributed by atoms with Crippen LogP contribution in [0.3, 0.4) is 0 Å². The smallest absolute Gasteiger partial charge is 0.199 e. The fourth-order valence-electron chi connectivity index (χ4n) is 2.18. The highest BCUT2D eigenvalue weighted by molar-refractivity contribution is 5.45. The quantitative estimate of drug-likeness (QED) is 0.757. The minimum atomic E-state index is 0.0165. The summed E-state index contributed by atoms with van der Waals surface area (Å²) in [7, 11) is 0. The number of tetrazole rings is 1. The largest absolute Gasteiger partial charge is 0.362 e. The Balaban J connectivity index is 1.95. The summed E-state index contributed by atoms with van der Waals surface area (Å²) in [6, 6.07) is 0.0165. The first-order valence-electron chi connectivity index (χ1n) is 5.88. The molecule has 3 heterocycles. The van der Waals surface area contributed by atoms with Crippen LogP contribution in [0.2, 0.25) is 0 Å². The second-order valence-corrected chi connectivity index (χ2v) is 4.35. The fraction of sp³-hybridized carbons (Fsp3) is 0.364. The van der Waals surface area contributed by atoms with Gasteiger partial charge in [0.05, 0.1) is 24.1 Å². The Morgan fingerprint density at radius 1 is 1.32 bits per heavy atom. The molecule has 0 bridgehead atoms. The summed E-state index contributed by atoms with van der Waals surface area (Å²) < 4.78 is 6.77. The molecule has 1 atom stereocenters. The molecule has 3 aromatic rings. The van der Waals surface area contributed by atoms with Crippen molar-refractivity contribution in [1.82, 2.24) is 30.2 Å². The van der Waals surface area contributed by atoms with Gasteiger partial charge in [0.15, 0.2) is 11.5 Å². The Morgan fingerprint density at radius 2 is 2.16 bits per heavy atom. The third-order valence-electron chi connectivity index (χ3n) is 2.99. The SMILES string of the molecule is Cc1noc(C)c1C(C)Nc1cncc2nnnn12. The van der Waals surface area contributed by atoms with Crippen LogP contribution in [0.5, 0.6) is 0 Å². The minimum absolute atomic E-state index is 0.0165. The number of hydrogen-bond donors (Lipinski definition) is 1. The third-order valence-corrected chi connectivity index (χ3v) is 2.99. The highest BCUT2D eigenvalue weighted by Crippen LogP contribution is 2.24. The lowest BCUT2D eigenvalue weighted by molar-refractivity contribution is 0.392. The van der Waals surface area contributed by atoms with Crippen molar-refractivity contribution >= 4 is 11.5 Å². The molecular weight excluding hydrogens is 246 g/mol. The predicted molar refractivity (Wildman–Crippen MR) is 66.6 cm³/mol. The van der Waals surface area contributed by atoms with Crippen LogP contribution in [0.15, 0.2) is 16.9 Å². The summed E-state index contributed by atoms with van der Waals surface area (Å²) >= 11 is 0. The lowest BCUT2D eigenvalue weighted by Crippen LogP contribution is -2.12. The van der Waals surface area contributed by atoms with E-state index in [4.69, 9.17) is 4.52 Å². The molecule has 0 amide bonds. The summed E-state index contributed by atoms with van der Waals surface area (Å²) in [4.78, 5) is 4.10. The summed E-state index contributed by atoms with van der Waals surface area (Å²) in [6.45, 7) is 5.83. The van der Waals surface area contributed by atoms with Crippen LogP contribution in [0.4, 0.5) is 5.82 Å². The van der Waals surface area contributed by atoms with E-state index in [1.165, 1.54) is 0 Å². The topological polar surface area (TPSA) is 94.0 Å². The Labute approximate surface area is 108 Å². The van der Waals surface area contributed by atoms with E-state index in [-0.39, 0.29) is 6.04 Å². The number of nitrogens with zero attached hydrogens (tertiary/aromatic N) is 6. The fourth-order valence-corrected chi connectivity index (χ4v) is 2.18. The zero-order chi connectivity index (χ0) is 13.4. The van der Waals surface area contributed by atoms with Gasteiger partial charge in [0.2, 0.25) is 0 Å². The molecule has 98 valence electrons. The van der Waals surface area contributed by atoms with Gasteiger partial charge in [0.25, 0.3) is 0 Å². The molecule has 0 aliphatic rings. The van der Waals surface area contributed by atoms with E-state index in [2.05, 4.69) is 31.0 Å². The van der Waals surface area contributed by atoms with Crippen LogP contribution in [-0.4, -0.2) is 30.2 Å². The van der Waals surface area contributed by atoms with Crippen LogP contribution in [0.25, 0.3) is 5.65 Å². The van der Waals surface area contributed by atoms with Crippen LogP contribution < -0.4 is 5.32 Å². The zero-order valence-corrected chi connectivity index (χ0v) is 10.8. The van der Waals surface area contributed by atoms with Crippen molar-refractivity contribution in [3.63, 3.8) is 0 Å². The van der Waals surface area contributed by atoms with E-state index in [0.29, 0.717) is 5.65 Å². The molecular formula is C11H13N7O. The average molecular weight is 259 g/mol. The molecule has 0 radical (unpaired) electrons. The maximum Gasteiger partial charge on any atom is 0.199 e. The number of rotatable bonds is 3. The number of anilines is 1. The van der Waals surface area contributed by atoms with Crippen molar-refractivity contribution in [2.75, 3.05) is 5.32 Å². The molecule has 0 aliphatic heterocycles. The average Bonchev–Trinajstić information content (AvgIpc) is 2.97. The summed E-state index contributed by atoms with van der Waals surface area (Å²) in [5, 5.41) is 18.7. The van der Waals surface area contributed by atoms with Gasteiger partial charge >= 0.3 is 0 Å². The molecule has 1 unspecified atom stereocenters. The molecule has 8 heteroatoms. The first-order chi connectivity index (χ1) is 9.16. The van der Waals surface area contributed by atoms with Crippen molar-refractivity contribution < 1.29 is 4.52 Å². The molecule has 3 rings (SSSR count). The van der Waals surface area contributed by atoms with Crippen LogP contribution in [0, 0.1) is 13.8 Å². The number of fused-ring (bicyclic) bond motifs is 1. The second kappa shape index (κ2) is 4.30. The van der Waals surface area contributed by atoms with Gasteiger partial charge in [-0.25, -0.2) is 0 Å². The number of aryl methyl sites for hydroxylation is 2. The Bertz CT molecular complexity index is 697. The van der Waals surface area contributed by atoms with Gasteiger partial charge in [0, 0.05) is 5.56 Å². The minimum Gasteiger partial charge on any atom is -0.362 e. The van der Waals surface area contributed by atoms with Gasteiger partial charge in [-0.1, -0.05) is 5.16 Å². The van der Waals surface area contributed by atoms with Crippen LogP contribution in [0.1, 0.15) is 30.0 Å². The number of nitrogens with one attached hydrogen (secondary N) is 1. The van der Waals surface area contributed by atoms with Gasteiger partial charge in [0.1, 0.15) is 5.76 Å². The van der Waals surface area contributed by atoms with Gasteiger partial charge in [-0.3, -0.25) is 4.98 Å². The van der Waals surface area contributed by atoms with Crippen LogP contribution >= 0.6 is 0 Å². The first-order valence-corrected chi connectivity index (χ1v) is 5.88. The van der Waals surface area contributed by atoms with Crippen molar-refractivity contribution in [2.24, 2.45) is 0 Å². The van der Waals surface area contributed by atoms with Gasteiger partial charge in [-0.05, 0) is 31.2 Å². The van der Waals surface area contributed by atoms with E-state index < -0.39 is 0 Å². The highest BCUT2D eigenvalue weighted by Gasteiger charge is 2.17. The van der Waals surface area contributed by atoms with E-state index in [1.807, 2.05) is 20.8 Å². The van der Waals surface area contributed by atoms with Gasteiger partial charge in [-0.2, -0.15) is 4.52 Å². The molecule has 0 saturated heterocycles. The second-order valence-electron chi connectivity index (χ2n) is 4.35. The normalized spacial score (nSPS) is 12.8. The Morgan fingerprint density at radius 3 is 2.89 bits per heavy atom. The van der Waals surface area contributed by atoms with Gasteiger partial charge < -0.3 is 9.84 Å². The summed E-state index contributed by atoms with van der Waals surface area (Å²) in [5.74, 6) is 1.52. The highest BCUT2D eigenvalue weighted by atomic mass is 16.5. The summed E-state index contributed by atoms with van der Waals surface area (Å²) in [6.07, 6.45) is 3.28. The Kier molecular flexibility index (Phi) is 2.62. The monoisotopic (exact) mass is 259 g/mol. The standard InChI is InChI=1S/C11H13N7O/c1-6(11-7(2)15-19-8(11)3)13-9-4-12-5-10-14-16-17-18(9)10/h4-6,13H,1-3H3. The molecule has 0 fully saturated rings. The van der Waals surface area contributed by atoms with E-state index in [9.17, 15) is 0 Å².